The molecule has 0 radical (unpaired) electrons. The summed E-state index contributed by atoms with van der Waals surface area (Å²) in [6, 6.07) is 0. The van der Waals surface area contributed by atoms with Gasteiger partial charge in [-0.15, -0.1) is 0 Å². The summed E-state index contributed by atoms with van der Waals surface area (Å²) in [4.78, 5) is 10.2. The molecule has 0 aliphatic rings. The van der Waals surface area contributed by atoms with Crippen molar-refractivity contribution in [2.75, 3.05) is 0 Å². The molecule has 0 bridgehead atoms. The molecule has 0 aromatic rings. The normalized spacial score (nSPS) is 10.7. The highest BCUT2D eigenvalue weighted by molar-refractivity contribution is 5.66. The molecule has 0 fully saturated rings. The fourth-order valence-electron chi connectivity index (χ4n) is 0.224. The van der Waals surface area contributed by atoms with Gasteiger partial charge in [0.15, 0.2) is 0 Å². The van der Waals surface area contributed by atoms with E-state index in [0.717, 1.165) is 5.57 Å². The van der Waals surface area contributed by atoms with Gasteiger partial charge in [-0.25, -0.2) is 0 Å². The van der Waals surface area contributed by atoms with E-state index in [0.29, 0.717) is 0 Å². The Hall–Kier alpha value is -1.05. The van der Waals surface area contributed by atoms with Crippen molar-refractivity contribution >= 4 is 5.97 Å². The number of carbonyl (C=O) groups is 1. The number of ether oxygens (including phenoxy) is 1. The van der Waals surface area contributed by atoms with Crippen LogP contribution in [-0.4, -0.2) is 5.97 Å². The van der Waals surface area contributed by atoms with E-state index in [1.165, 1.54) is 13.2 Å². The summed E-state index contributed by atoms with van der Waals surface area (Å²) in [5.41, 5.74) is 0.838. The summed E-state index contributed by atoms with van der Waals surface area (Å²) in [7, 11) is 0. The highest BCUT2D eigenvalue weighted by atomic mass is 16.5. The first-order valence-electron chi connectivity index (χ1n) is 2.63. The van der Waals surface area contributed by atoms with Crippen LogP contribution in [-0.2, 0) is 9.53 Å². The van der Waals surface area contributed by atoms with Crippen LogP contribution in [0.2, 0.25) is 0 Å². The van der Waals surface area contributed by atoms with Crippen molar-refractivity contribution in [2.45, 2.75) is 13.8 Å². The zero-order valence-electron chi connectivity index (χ0n) is 5.68. The Bertz CT molecular complexity index is 145. The highest BCUT2D eigenvalue weighted by Crippen LogP contribution is 1.92. The molecular weight excluding hydrogens is 116 g/mol. The fourth-order valence-corrected chi connectivity index (χ4v) is 0.224. The van der Waals surface area contributed by atoms with Crippen LogP contribution >= 0.6 is 0 Å². The van der Waals surface area contributed by atoms with E-state index in [1.54, 1.807) is 13.0 Å². The maximum absolute atomic E-state index is 10.2. The first-order chi connectivity index (χ1) is 4.16. The zero-order chi connectivity index (χ0) is 7.28. The largest absolute Gasteiger partial charge is 0.434 e. The van der Waals surface area contributed by atoms with E-state index in [9.17, 15) is 4.79 Å². The molecule has 0 unspecified atom stereocenters. The van der Waals surface area contributed by atoms with Gasteiger partial charge in [0.05, 0.1) is 6.26 Å². The van der Waals surface area contributed by atoms with Gasteiger partial charge in [0.25, 0.3) is 0 Å². The van der Waals surface area contributed by atoms with Crippen LogP contribution in [0, 0.1) is 0 Å². The van der Waals surface area contributed by atoms with E-state index >= 15 is 0 Å². The van der Waals surface area contributed by atoms with Crippen molar-refractivity contribution < 1.29 is 9.53 Å². The van der Waals surface area contributed by atoms with Crippen molar-refractivity contribution in [1.29, 1.82) is 0 Å². The molecule has 0 spiro atoms. The molecule has 9 heavy (non-hydrogen) atoms. The Morgan fingerprint density at radius 3 is 2.44 bits per heavy atom. The van der Waals surface area contributed by atoms with Gasteiger partial charge in [0.2, 0.25) is 0 Å². The van der Waals surface area contributed by atoms with Gasteiger partial charge >= 0.3 is 5.97 Å². The standard InChI is InChI=1S/C7H10O2/c1-4-6(2)5-9-7(3)8/h4-5H,1H2,2-3H3/b6-5+. The lowest BCUT2D eigenvalue weighted by molar-refractivity contribution is -0.135. The number of hydrogen-bond acceptors (Lipinski definition) is 2. The molecule has 0 saturated heterocycles. The molecule has 0 N–H and O–H groups in total. The predicted octanol–water partition coefficient (Wildman–Crippen LogP) is 1.64. The average molecular weight is 126 g/mol. The van der Waals surface area contributed by atoms with E-state index < -0.39 is 0 Å². The third kappa shape index (κ3) is 4.81. The lowest BCUT2D eigenvalue weighted by atomic mass is 10.3. The molecule has 0 aromatic heterocycles. The minimum absolute atomic E-state index is 0.309. The van der Waals surface area contributed by atoms with Crippen molar-refractivity contribution in [3.8, 4) is 0 Å². The molecule has 0 aliphatic heterocycles. The second kappa shape index (κ2) is 3.89. The molecule has 0 amide bonds. The molecule has 0 aliphatic carbocycles. The fraction of sp³-hybridized carbons (Fsp3) is 0.286. The maximum atomic E-state index is 10.2. The van der Waals surface area contributed by atoms with Crippen LogP contribution < -0.4 is 0 Å². The number of allylic oxidation sites excluding steroid dienone is 2. The molecule has 0 heterocycles. The van der Waals surface area contributed by atoms with Gasteiger partial charge in [0.1, 0.15) is 0 Å². The molecule has 0 saturated carbocycles. The number of rotatable bonds is 2. The lowest BCUT2D eigenvalue weighted by Crippen LogP contribution is -1.90. The van der Waals surface area contributed by atoms with Gasteiger partial charge in [0, 0.05) is 6.92 Å². The molecule has 0 aromatic carbocycles. The first kappa shape index (κ1) is 7.95. The summed E-state index contributed by atoms with van der Waals surface area (Å²) in [6.07, 6.45) is 2.98. The van der Waals surface area contributed by atoms with Crippen LogP contribution in [0.4, 0.5) is 0 Å². The third-order valence-electron chi connectivity index (χ3n) is 0.733. The predicted molar refractivity (Wildman–Crippen MR) is 35.7 cm³/mol. The Balaban J connectivity index is 3.69. The Labute approximate surface area is 54.8 Å². The topological polar surface area (TPSA) is 26.3 Å². The second-order valence-electron chi connectivity index (χ2n) is 1.68. The minimum Gasteiger partial charge on any atom is -0.434 e. The van der Waals surface area contributed by atoms with E-state index in [1.807, 2.05) is 0 Å². The highest BCUT2D eigenvalue weighted by Gasteiger charge is 1.85. The molecule has 2 nitrogen and oxygen atoms in total. The summed E-state index contributed by atoms with van der Waals surface area (Å²) in [6.45, 7) is 6.63. The van der Waals surface area contributed by atoms with Crippen LogP contribution in [0.25, 0.3) is 0 Å². The second-order valence-corrected chi connectivity index (χ2v) is 1.68. The molecule has 0 rings (SSSR count). The maximum Gasteiger partial charge on any atom is 0.307 e. The average Bonchev–Trinajstić information content (AvgIpc) is 1.83. The van der Waals surface area contributed by atoms with Crippen molar-refractivity contribution in [3.05, 3.63) is 24.5 Å². The molecule has 50 valence electrons. The van der Waals surface area contributed by atoms with Crippen molar-refractivity contribution in [2.24, 2.45) is 0 Å². The minimum atomic E-state index is -0.309. The van der Waals surface area contributed by atoms with E-state index in [4.69, 9.17) is 0 Å². The van der Waals surface area contributed by atoms with E-state index in [2.05, 4.69) is 11.3 Å². The summed E-state index contributed by atoms with van der Waals surface area (Å²) in [5, 5.41) is 0. The molecule has 0 atom stereocenters. The summed E-state index contributed by atoms with van der Waals surface area (Å²) < 4.78 is 4.52. The van der Waals surface area contributed by atoms with Crippen LogP contribution in [0.15, 0.2) is 24.5 Å². The van der Waals surface area contributed by atoms with Gasteiger partial charge < -0.3 is 4.74 Å². The first-order valence-corrected chi connectivity index (χ1v) is 2.63. The van der Waals surface area contributed by atoms with Gasteiger partial charge in [-0.3, -0.25) is 4.79 Å². The van der Waals surface area contributed by atoms with Crippen LogP contribution in [0.3, 0.4) is 0 Å². The number of hydrogen-bond donors (Lipinski definition) is 0. The van der Waals surface area contributed by atoms with Crippen molar-refractivity contribution in [1.82, 2.24) is 0 Å². The van der Waals surface area contributed by atoms with E-state index in [-0.39, 0.29) is 5.97 Å². The lowest BCUT2D eigenvalue weighted by Gasteiger charge is -1.91. The molecule has 2 heteroatoms. The van der Waals surface area contributed by atoms with Gasteiger partial charge in [-0.05, 0) is 12.5 Å². The Morgan fingerprint density at radius 1 is 1.56 bits per heavy atom. The van der Waals surface area contributed by atoms with Gasteiger partial charge in [-0.1, -0.05) is 12.7 Å². The van der Waals surface area contributed by atoms with Crippen LogP contribution in [0.5, 0.6) is 0 Å². The quantitative estimate of drug-likeness (QED) is 0.319. The van der Waals surface area contributed by atoms with Crippen LogP contribution in [0.1, 0.15) is 13.8 Å². The number of esters is 1. The molecular formula is C7H10O2. The smallest absolute Gasteiger partial charge is 0.307 e. The van der Waals surface area contributed by atoms with Gasteiger partial charge in [-0.2, -0.15) is 0 Å². The zero-order valence-corrected chi connectivity index (χ0v) is 5.68. The van der Waals surface area contributed by atoms with Crippen molar-refractivity contribution in [3.63, 3.8) is 0 Å². The Morgan fingerprint density at radius 2 is 2.11 bits per heavy atom. The number of carbonyl (C=O) groups excluding carboxylic acids is 1. The Kier molecular flexibility index (Phi) is 3.44. The summed E-state index contributed by atoms with van der Waals surface area (Å²) in [5.74, 6) is -0.309. The summed E-state index contributed by atoms with van der Waals surface area (Å²) >= 11 is 0. The SMILES string of the molecule is C=C/C(C)=C/OC(C)=O. The third-order valence-corrected chi connectivity index (χ3v) is 0.733. The monoisotopic (exact) mass is 126 g/mol.